The molecule has 1 rings (SSSR count). The summed E-state index contributed by atoms with van der Waals surface area (Å²) in [5.41, 5.74) is 0.930. The lowest BCUT2D eigenvalue weighted by Gasteiger charge is -2.20. The van der Waals surface area contributed by atoms with Crippen molar-refractivity contribution in [1.82, 2.24) is 20.3 Å². The fraction of sp³-hybridized carbons (Fsp3) is 0.846. The number of aromatic nitrogens is 3. The topological polar surface area (TPSA) is 61.2 Å². The highest BCUT2D eigenvalue weighted by Crippen LogP contribution is 1.96. The Kier molecular flexibility index (Phi) is 7.80. The number of ether oxygens (including phenoxy) is 2. The van der Waals surface area contributed by atoms with Gasteiger partial charge in [0, 0.05) is 18.3 Å². The van der Waals surface area contributed by atoms with Gasteiger partial charge in [-0.2, -0.15) is 0 Å². The molecule has 1 heterocycles. The smallest absolute Gasteiger partial charge is 0.0741 e. The molecule has 0 saturated heterocycles. The van der Waals surface area contributed by atoms with Crippen molar-refractivity contribution in [2.45, 2.75) is 39.2 Å². The lowest BCUT2D eigenvalue weighted by atomic mass is 10.0. The molecule has 7 heteroatoms. The van der Waals surface area contributed by atoms with E-state index in [4.69, 9.17) is 17.3 Å². The maximum absolute atomic E-state index is 5.46. The molecule has 6 nitrogen and oxygen atoms in total. The molecule has 2 radical (unpaired) electrons. The molecule has 0 aliphatic heterocycles. The quantitative estimate of drug-likeness (QED) is 0.495. The minimum atomic E-state index is 0.139. The van der Waals surface area contributed by atoms with Gasteiger partial charge in [-0.1, -0.05) is 5.21 Å². The van der Waals surface area contributed by atoms with Crippen LogP contribution in [-0.2, 0) is 22.3 Å². The molecule has 0 spiro atoms. The molecule has 0 unspecified atom stereocenters. The summed E-state index contributed by atoms with van der Waals surface area (Å²) in [5, 5.41) is 11.2. The molecule has 0 aromatic carbocycles. The Labute approximate surface area is 122 Å². The summed E-state index contributed by atoms with van der Waals surface area (Å²) < 4.78 is 12.7. The predicted molar refractivity (Wildman–Crippen MR) is 78.9 cm³/mol. The number of nitrogens with zero attached hydrogens (tertiary/aromatic N) is 3. The average Bonchev–Trinajstić information content (AvgIpc) is 2.83. The zero-order valence-corrected chi connectivity index (χ0v) is 12.8. The Balaban J connectivity index is 1.90. The summed E-state index contributed by atoms with van der Waals surface area (Å²) in [6.07, 6.45) is 2.25. The van der Waals surface area contributed by atoms with Gasteiger partial charge in [-0.05, 0) is 27.1 Å². The molecule has 0 amide bonds. The van der Waals surface area contributed by atoms with Crippen LogP contribution in [-0.4, -0.2) is 61.4 Å². The Bertz CT molecular complexity index is 365. The van der Waals surface area contributed by atoms with Crippen molar-refractivity contribution in [2.24, 2.45) is 0 Å². The van der Waals surface area contributed by atoms with Gasteiger partial charge in [-0.3, -0.25) is 0 Å². The van der Waals surface area contributed by atoms with E-state index < -0.39 is 0 Å². The van der Waals surface area contributed by atoms with Gasteiger partial charge < -0.3 is 14.8 Å². The van der Waals surface area contributed by atoms with Gasteiger partial charge >= 0.3 is 0 Å². The van der Waals surface area contributed by atoms with Crippen LogP contribution in [0.4, 0.5) is 0 Å². The molecule has 0 bridgehead atoms. The second-order valence-electron chi connectivity index (χ2n) is 5.58. The van der Waals surface area contributed by atoms with E-state index in [9.17, 15) is 0 Å². The summed E-state index contributed by atoms with van der Waals surface area (Å²) >= 11 is 0. The van der Waals surface area contributed by atoms with Gasteiger partial charge in [0.05, 0.1) is 46.5 Å². The van der Waals surface area contributed by atoms with Gasteiger partial charge in [0.2, 0.25) is 0 Å². The third-order valence-corrected chi connectivity index (χ3v) is 2.53. The first-order valence-electron chi connectivity index (χ1n) is 7.01. The molecule has 0 saturated carbocycles. The number of nitrogens with one attached hydrogen (secondary N) is 1. The van der Waals surface area contributed by atoms with Crippen LogP contribution >= 0.6 is 0 Å². The van der Waals surface area contributed by atoms with Gasteiger partial charge in [0.1, 0.15) is 0 Å². The summed E-state index contributed by atoms with van der Waals surface area (Å²) in [6.45, 7) is 10.4. The monoisotopic (exact) mass is 280 g/mol. The van der Waals surface area contributed by atoms with E-state index in [1.807, 2.05) is 6.20 Å². The number of hydrogen-bond donors (Lipinski definition) is 1. The fourth-order valence-corrected chi connectivity index (χ4v) is 1.52. The molecule has 1 aromatic heterocycles. The Hall–Kier alpha value is -0.915. The SMILES string of the molecule is [B]Cc1cn(CCOCCOCCNC(C)(C)C)nn1. The summed E-state index contributed by atoms with van der Waals surface area (Å²) in [5.74, 6) is 0. The fourth-order valence-electron chi connectivity index (χ4n) is 1.52. The highest BCUT2D eigenvalue weighted by atomic mass is 16.5. The summed E-state index contributed by atoms with van der Waals surface area (Å²) in [4.78, 5) is 0. The lowest BCUT2D eigenvalue weighted by molar-refractivity contribution is 0.0436. The summed E-state index contributed by atoms with van der Waals surface area (Å²) in [6, 6.07) is 0. The van der Waals surface area contributed by atoms with Crippen LogP contribution < -0.4 is 5.32 Å². The van der Waals surface area contributed by atoms with E-state index in [0.29, 0.717) is 39.3 Å². The van der Waals surface area contributed by atoms with Crippen LogP contribution in [0.2, 0.25) is 0 Å². The van der Waals surface area contributed by atoms with E-state index in [1.165, 1.54) is 0 Å². The Morgan fingerprint density at radius 1 is 1.20 bits per heavy atom. The van der Waals surface area contributed by atoms with Crippen LogP contribution in [0.25, 0.3) is 0 Å². The average molecular weight is 280 g/mol. The maximum atomic E-state index is 5.46. The van der Waals surface area contributed by atoms with Crippen LogP contribution in [0.3, 0.4) is 0 Å². The van der Waals surface area contributed by atoms with E-state index in [1.54, 1.807) is 4.68 Å². The molecule has 0 fully saturated rings. The van der Waals surface area contributed by atoms with Crippen LogP contribution in [0.15, 0.2) is 6.20 Å². The first kappa shape index (κ1) is 17.1. The minimum absolute atomic E-state index is 0.139. The van der Waals surface area contributed by atoms with Crippen molar-refractivity contribution >= 4 is 7.85 Å². The second-order valence-corrected chi connectivity index (χ2v) is 5.58. The summed E-state index contributed by atoms with van der Waals surface area (Å²) in [7, 11) is 5.46. The van der Waals surface area contributed by atoms with Gasteiger partial charge in [-0.25, -0.2) is 4.68 Å². The lowest BCUT2D eigenvalue weighted by Crippen LogP contribution is -2.38. The molecular formula is C13H25BN4O2. The highest BCUT2D eigenvalue weighted by molar-refractivity contribution is 6.08. The van der Waals surface area contributed by atoms with Gasteiger partial charge in [0.25, 0.3) is 0 Å². The first-order valence-corrected chi connectivity index (χ1v) is 7.01. The van der Waals surface area contributed by atoms with E-state index in [0.717, 1.165) is 12.2 Å². The zero-order chi connectivity index (χ0) is 14.8. The predicted octanol–water partition coefficient (Wildman–Crippen LogP) is 0.368. The van der Waals surface area contributed by atoms with Crippen molar-refractivity contribution < 1.29 is 9.47 Å². The minimum Gasteiger partial charge on any atom is -0.378 e. The maximum Gasteiger partial charge on any atom is 0.0741 e. The molecule has 0 atom stereocenters. The van der Waals surface area contributed by atoms with Gasteiger partial charge in [0.15, 0.2) is 0 Å². The molecule has 112 valence electrons. The van der Waals surface area contributed by atoms with Crippen LogP contribution in [0.1, 0.15) is 26.5 Å². The standard InChI is InChI=1S/C13H25BN4O2/c1-13(2,3)15-4-6-19-8-9-20-7-5-18-11-12(10-14)16-17-18/h11,15H,4-10H2,1-3H3. The Morgan fingerprint density at radius 2 is 1.90 bits per heavy atom. The molecule has 1 N–H and O–H groups in total. The van der Waals surface area contributed by atoms with Crippen molar-refractivity contribution in [3.05, 3.63) is 11.9 Å². The van der Waals surface area contributed by atoms with Crippen LogP contribution in [0.5, 0.6) is 0 Å². The number of rotatable bonds is 10. The van der Waals surface area contributed by atoms with E-state index >= 15 is 0 Å². The van der Waals surface area contributed by atoms with E-state index in [2.05, 4.69) is 36.4 Å². The molecule has 0 aliphatic rings. The zero-order valence-electron chi connectivity index (χ0n) is 12.8. The molecule has 0 aliphatic carbocycles. The van der Waals surface area contributed by atoms with Gasteiger partial charge in [-0.15, -0.1) is 5.10 Å². The van der Waals surface area contributed by atoms with Crippen molar-refractivity contribution in [2.75, 3.05) is 33.0 Å². The van der Waals surface area contributed by atoms with Crippen LogP contribution in [0, 0.1) is 0 Å². The Morgan fingerprint density at radius 3 is 2.50 bits per heavy atom. The first-order chi connectivity index (χ1) is 9.51. The van der Waals surface area contributed by atoms with E-state index in [-0.39, 0.29) is 5.54 Å². The normalized spacial score (nSPS) is 11.9. The molecule has 20 heavy (non-hydrogen) atoms. The van der Waals surface area contributed by atoms with Crippen molar-refractivity contribution in [3.8, 4) is 0 Å². The van der Waals surface area contributed by atoms with Crippen molar-refractivity contribution in [1.29, 1.82) is 0 Å². The largest absolute Gasteiger partial charge is 0.378 e. The molecule has 1 aromatic rings. The molecular weight excluding hydrogens is 255 g/mol. The highest BCUT2D eigenvalue weighted by Gasteiger charge is 2.06. The third kappa shape index (κ3) is 8.29. The number of hydrogen-bond acceptors (Lipinski definition) is 5. The second kappa shape index (κ2) is 9.10. The van der Waals surface area contributed by atoms with Crippen molar-refractivity contribution in [3.63, 3.8) is 0 Å². The third-order valence-electron chi connectivity index (χ3n) is 2.53.